The van der Waals surface area contributed by atoms with E-state index in [1.54, 1.807) is 20.8 Å². The van der Waals surface area contributed by atoms with Gasteiger partial charge >= 0.3 is 0 Å². The average molecular weight is 219 g/mol. The zero-order chi connectivity index (χ0) is 11.7. The molecule has 0 aromatic heterocycles. The summed E-state index contributed by atoms with van der Waals surface area (Å²) in [7, 11) is 0. The van der Waals surface area contributed by atoms with Gasteiger partial charge in [0.25, 0.3) is 5.92 Å². The largest absolute Gasteiger partial charge is 0.355 e. The van der Waals surface area contributed by atoms with Crippen LogP contribution in [0.3, 0.4) is 0 Å². The molecule has 1 rings (SSSR count). The number of rotatable bonds is 2. The van der Waals surface area contributed by atoms with Gasteiger partial charge < -0.3 is 5.32 Å². The lowest BCUT2D eigenvalue weighted by molar-refractivity contribution is -0.129. The first kappa shape index (κ1) is 12.4. The molecule has 15 heavy (non-hydrogen) atoms. The summed E-state index contributed by atoms with van der Waals surface area (Å²) >= 11 is 0. The third kappa shape index (κ3) is 3.14. The van der Waals surface area contributed by atoms with E-state index in [-0.39, 0.29) is 18.9 Å². The van der Waals surface area contributed by atoms with Gasteiger partial charge in [-0.2, -0.15) is 0 Å². The number of carbonyl (C=O) groups excluding carboxylic acids is 1. The molecule has 0 aliphatic heterocycles. The summed E-state index contributed by atoms with van der Waals surface area (Å²) in [5, 5.41) is 2.60. The number of nitrogens with one attached hydrogen (secondary N) is 1. The van der Waals surface area contributed by atoms with Gasteiger partial charge in [-0.25, -0.2) is 8.78 Å². The zero-order valence-corrected chi connectivity index (χ0v) is 9.57. The molecule has 1 aliphatic carbocycles. The second kappa shape index (κ2) is 4.06. The van der Waals surface area contributed by atoms with Gasteiger partial charge in [-0.15, -0.1) is 0 Å². The molecule has 0 aromatic carbocycles. The summed E-state index contributed by atoms with van der Waals surface area (Å²) in [6, 6.07) is 0. The first-order chi connectivity index (χ1) is 6.73. The molecular formula is C11H19F2NO. The molecule has 0 heterocycles. The second-order valence-corrected chi connectivity index (χ2v) is 5.31. The van der Waals surface area contributed by atoms with Gasteiger partial charge in [0, 0.05) is 24.3 Å². The molecule has 0 saturated heterocycles. The minimum atomic E-state index is -2.59. The fourth-order valence-electron chi connectivity index (χ4n) is 1.73. The van der Waals surface area contributed by atoms with E-state index in [1.807, 2.05) is 0 Å². The monoisotopic (exact) mass is 219 g/mol. The molecule has 1 N–H and O–H groups in total. The highest BCUT2D eigenvalue weighted by molar-refractivity contribution is 5.81. The number of hydrogen-bond acceptors (Lipinski definition) is 1. The maximum Gasteiger partial charge on any atom is 0.252 e. The van der Waals surface area contributed by atoms with Crippen LogP contribution in [-0.2, 0) is 4.79 Å². The number of halogens is 2. The highest BCUT2D eigenvalue weighted by atomic mass is 19.3. The molecule has 0 unspecified atom stereocenters. The fourth-order valence-corrected chi connectivity index (χ4v) is 1.73. The van der Waals surface area contributed by atoms with Gasteiger partial charge in [0.05, 0.1) is 0 Å². The molecule has 0 bridgehead atoms. The van der Waals surface area contributed by atoms with Crippen LogP contribution in [0.2, 0.25) is 0 Å². The highest BCUT2D eigenvalue weighted by Gasteiger charge is 2.43. The van der Waals surface area contributed by atoms with E-state index >= 15 is 0 Å². The minimum Gasteiger partial charge on any atom is -0.355 e. The van der Waals surface area contributed by atoms with Gasteiger partial charge in [0.2, 0.25) is 5.91 Å². The van der Waals surface area contributed by atoms with Crippen LogP contribution in [0, 0.1) is 11.3 Å². The van der Waals surface area contributed by atoms with E-state index in [2.05, 4.69) is 5.32 Å². The minimum absolute atomic E-state index is 0.0386. The Hall–Kier alpha value is -0.670. The maximum absolute atomic E-state index is 13.2. The van der Waals surface area contributed by atoms with E-state index in [0.29, 0.717) is 12.8 Å². The van der Waals surface area contributed by atoms with Gasteiger partial charge in [-0.05, 0) is 12.8 Å². The Kier molecular flexibility index (Phi) is 3.36. The number of carbonyl (C=O) groups is 1. The van der Waals surface area contributed by atoms with Crippen LogP contribution in [0.15, 0.2) is 0 Å². The standard InChI is InChI=1S/C11H19F2NO/c1-10(2,3)9(15)14-7-8-5-4-6-11(8,12)13/h8H,4-7H2,1-3H3,(H,14,15)/t8-/m0/s1. The molecule has 1 aliphatic rings. The van der Waals surface area contributed by atoms with Crippen molar-refractivity contribution in [2.75, 3.05) is 6.54 Å². The van der Waals surface area contributed by atoms with Crippen molar-refractivity contribution in [1.82, 2.24) is 5.32 Å². The second-order valence-electron chi connectivity index (χ2n) is 5.31. The summed E-state index contributed by atoms with van der Waals surface area (Å²) in [6.45, 7) is 5.42. The third-order valence-corrected chi connectivity index (χ3v) is 2.85. The Labute approximate surface area is 89.4 Å². The molecule has 2 nitrogen and oxygen atoms in total. The van der Waals surface area contributed by atoms with E-state index < -0.39 is 17.3 Å². The van der Waals surface area contributed by atoms with Crippen LogP contribution in [0.5, 0.6) is 0 Å². The summed E-state index contributed by atoms with van der Waals surface area (Å²) < 4.78 is 26.4. The lowest BCUT2D eigenvalue weighted by Gasteiger charge is -2.22. The van der Waals surface area contributed by atoms with Crippen molar-refractivity contribution in [3.63, 3.8) is 0 Å². The molecule has 1 amide bonds. The Bertz CT molecular complexity index is 245. The molecule has 4 heteroatoms. The van der Waals surface area contributed by atoms with Crippen molar-refractivity contribution in [3.8, 4) is 0 Å². The normalized spacial score (nSPS) is 25.3. The Balaban J connectivity index is 2.41. The molecule has 0 aromatic rings. The maximum atomic E-state index is 13.2. The summed E-state index contributed by atoms with van der Waals surface area (Å²) in [4.78, 5) is 11.5. The summed E-state index contributed by atoms with van der Waals surface area (Å²) in [5.41, 5.74) is -0.506. The van der Waals surface area contributed by atoms with Gasteiger partial charge in [0.15, 0.2) is 0 Å². The van der Waals surface area contributed by atoms with Gasteiger partial charge in [-0.1, -0.05) is 20.8 Å². The van der Waals surface area contributed by atoms with Crippen molar-refractivity contribution in [2.45, 2.75) is 46.0 Å². The molecule has 1 atom stereocenters. The van der Waals surface area contributed by atoms with Gasteiger partial charge in [-0.3, -0.25) is 4.79 Å². The Morgan fingerprint density at radius 3 is 2.47 bits per heavy atom. The molecule has 0 spiro atoms. The van der Waals surface area contributed by atoms with Crippen LogP contribution in [-0.4, -0.2) is 18.4 Å². The zero-order valence-electron chi connectivity index (χ0n) is 9.57. The Morgan fingerprint density at radius 1 is 1.47 bits per heavy atom. The van der Waals surface area contributed by atoms with E-state index in [0.717, 1.165) is 0 Å². The van der Waals surface area contributed by atoms with Crippen molar-refractivity contribution < 1.29 is 13.6 Å². The van der Waals surface area contributed by atoms with Crippen molar-refractivity contribution in [2.24, 2.45) is 11.3 Å². The van der Waals surface area contributed by atoms with Crippen molar-refractivity contribution in [3.05, 3.63) is 0 Å². The van der Waals surface area contributed by atoms with E-state index in [9.17, 15) is 13.6 Å². The van der Waals surface area contributed by atoms with Crippen molar-refractivity contribution >= 4 is 5.91 Å². The quantitative estimate of drug-likeness (QED) is 0.760. The predicted molar refractivity (Wildman–Crippen MR) is 54.8 cm³/mol. The molecule has 1 saturated carbocycles. The number of hydrogen-bond donors (Lipinski definition) is 1. The SMILES string of the molecule is CC(C)(C)C(=O)NC[C@@H]1CCCC1(F)F. The fraction of sp³-hybridized carbons (Fsp3) is 0.909. The lowest BCUT2D eigenvalue weighted by atomic mass is 9.95. The first-order valence-electron chi connectivity index (χ1n) is 5.39. The molecular weight excluding hydrogens is 200 g/mol. The molecule has 0 radical (unpaired) electrons. The Morgan fingerprint density at radius 2 is 2.07 bits per heavy atom. The third-order valence-electron chi connectivity index (χ3n) is 2.85. The van der Waals surface area contributed by atoms with Crippen LogP contribution >= 0.6 is 0 Å². The van der Waals surface area contributed by atoms with Gasteiger partial charge in [0.1, 0.15) is 0 Å². The van der Waals surface area contributed by atoms with E-state index in [1.165, 1.54) is 0 Å². The summed E-state index contributed by atoms with van der Waals surface area (Å²) in [6.07, 6.45) is 1.03. The summed E-state index contributed by atoms with van der Waals surface area (Å²) in [5.74, 6) is -3.43. The number of amides is 1. The van der Waals surface area contributed by atoms with Crippen LogP contribution in [0.1, 0.15) is 40.0 Å². The average Bonchev–Trinajstić information content (AvgIpc) is 2.39. The number of alkyl halides is 2. The van der Waals surface area contributed by atoms with Crippen LogP contribution in [0.25, 0.3) is 0 Å². The lowest BCUT2D eigenvalue weighted by Crippen LogP contribution is -2.40. The molecule has 1 fully saturated rings. The topological polar surface area (TPSA) is 29.1 Å². The smallest absolute Gasteiger partial charge is 0.252 e. The first-order valence-corrected chi connectivity index (χ1v) is 5.39. The van der Waals surface area contributed by atoms with Crippen molar-refractivity contribution in [1.29, 1.82) is 0 Å². The predicted octanol–water partition coefficient (Wildman–Crippen LogP) is 2.58. The van der Waals surface area contributed by atoms with Crippen LogP contribution in [0.4, 0.5) is 8.78 Å². The molecule has 88 valence electrons. The highest BCUT2D eigenvalue weighted by Crippen LogP contribution is 2.39. The van der Waals surface area contributed by atoms with Crippen LogP contribution < -0.4 is 5.32 Å². The van der Waals surface area contributed by atoms with E-state index in [4.69, 9.17) is 0 Å².